The molecule has 0 heterocycles. The number of hydrogen-bond acceptors (Lipinski definition) is 4. The van der Waals surface area contributed by atoms with Crippen LogP contribution in [0.4, 0.5) is 4.79 Å². The van der Waals surface area contributed by atoms with Crippen molar-refractivity contribution in [3.05, 3.63) is 114 Å². The van der Waals surface area contributed by atoms with Crippen LogP contribution in [-0.4, -0.2) is 18.1 Å². The molecular formula is C26H25NO4. The third kappa shape index (κ3) is 7.16. The van der Waals surface area contributed by atoms with Gasteiger partial charge < -0.3 is 14.8 Å². The van der Waals surface area contributed by atoms with Crippen molar-refractivity contribution in [2.75, 3.05) is 0 Å². The highest BCUT2D eigenvalue weighted by Crippen LogP contribution is 2.11. The van der Waals surface area contributed by atoms with E-state index in [1.165, 1.54) is 0 Å². The summed E-state index contributed by atoms with van der Waals surface area (Å²) in [6, 6.07) is 25.5. The number of carbonyl (C=O) groups excluding carboxylic acids is 2. The van der Waals surface area contributed by atoms with Gasteiger partial charge in [-0.1, -0.05) is 97.6 Å². The first-order valence-electron chi connectivity index (χ1n) is 10.0. The molecule has 1 atom stereocenters. The minimum absolute atomic E-state index is 0.115. The summed E-state index contributed by atoms with van der Waals surface area (Å²) < 4.78 is 10.7. The Morgan fingerprint density at radius 2 is 1.39 bits per heavy atom. The van der Waals surface area contributed by atoms with E-state index in [1.54, 1.807) is 6.08 Å². The molecule has 3 aromatic rings. The lowest BCUT2D eigenvalue weighted by Gasteiger charge is -2.18. The Labute approximate surface area is 182 Å². The largest absolute Gasteiger partial charge is 0.459 e. The first kappa shape index (κ1) is 21.8. The van der Waals surface area contributed by atoms with Gasteiger partial charge >= 0.3 is 12.1 Å². The van der Waals surface area contributed by atoms with Gasteiger partial charge in [0.1, 0.15) is 19.3 Å². The summed E-state index contributed by atoms with van der Waals surface area (Å²) in [5, 5.41) is 2.65. The Balaban J connectivity index is 1.65. The van der Waals surface area contributed by atoms with Crippen LogP contribution in [0.25, 0.3) is 6.08 Å². The number of nitrogens with one attached hydrogen (secondary N) is 1. The van der Waals surface area contributed by atoms with Gasteiger partial charge in [0.05, 0.1) is 0 Å². The molecule has 158 valence electrons. The van der Waals surface area contributed by atoms with E-state index in [9.17, 15) is 9.59 Å². The van der Waals surface area contributed by atoms with Crippen molar-refractivity contribution in [3.8, 4) is 0 Å². The van der Waals surface area contributed by atoms with Crippen LogP contribution in [0.5, 0.6) is 0 Å². The molecule has 1 unspecified atom stereocenters. The molecular weight excluding hydrogens is 390 g/mol. The molecule has 0 bridgehead atoms. The van der Waals surface area contributed by atoms with E-state index in [1.807, 2.05) is 84.9 Å². The molecule has 3 aromatic carbocycles. The number of alkyl carbamates (subject to hydrolysis) is 1. The Bertz CT molecular complexity index is 1000. The van der Waals surface area contributed by atoms with Gasteiger partial charge in [-0.2, -0.15) is 0 Å². The van der Waals surface area contributed by atoms with Crippen LogP contribution >= 0.6 is 0 Å². The van der Waals surface area contributed by atoms with Gasteiger partial charge in [-0.05, 0) is 22.3 Å². The third-order valence-electron chi connectivity index (χ3n) is 4.64. The van der Waals surface area contributed by atoms with E-state index < -0.39 is 18.1 Å². The van der Waals surface area contributed by atoms with Crippen molar-refractivity contribution in [2.45, 2.75) is 25.7 Å². The predicted octanol–water partition coefficient (Wildman–Crippen LogP) is 4.91. The summed E-state index contributed by atoms with van der Waals surface area (Å²) in [5.74, 6) is -0.524. The zero-order valence-corrected chi connectivity index (χ0v) is 17.2. The van der Waals surface area contributed by atoms with E-state index in [0.29, 0.717) is 0 Å². The summed E-state index contributed by atoms with van der Waals surface area (Å²) in [5.41, 5.74) is 3.54. The highest BCUT2D eigenvalue weighted by Gasteiger charge is 2.24. The van der Waals surface area contributed by atoms with Gasteiger partial charge in [0, 0.05) is 6.42 Å². The van der Waals surface area contributed by atoms with Crippen molar-refractivity contribution >= 4 is 18.1 Å². The first-order chi connectivity index (χ1) is 15.1. The maximum Gasteiger partial charge on any atom is 0.408 e. The molecule has 1 N–H and O–H groups in total. The van der Waals surface area contributed by atoms with Crippen molar-refractivity contribution in [3.63, 3.8) is 0 Å². The number of rotatable bonds is 9. The number of ether oxygens (including phenoxy) is 2. The van der Waals surface area contributed by atoms with Crippen LogP contribution in [-0.2, 0) is 33.9 Å². The molecule has 0 aliphatic carbocycles. The van der Waals surface area contributed by atoms with Crippen LogP contribution in [0, 0.1) is 0 Å². The van der Waals surface area contributed by atoms with Gasteiger partial charge in [-0.3, -0.25) is 0 Å². The second-order valence-corrected chi connectivity index (χ2v) is 7.01. The van der Waals surface area contributed by atoms with Crippen molar-refractivity contribution < 1.29 is 19.1 Å². The minimum Gasteiger partial charge on any atom is -0.459 e. The average Bonchev–Trinajstić information content (AvgIpc) is 2.82. The fraction of sp³-hybridized carbons (Fsp3) is 0.154. The minimum atomic E-state index is -0.882. The topological polar surface area (TPSA) is 64.6 Å². The lowest BCUT2D eigenvalue weighted by molar-refractivity contribution is -0.147. The number of carbonyl (C=O) groups is 2. The lowest BCUT2D eigenvalue weighted by Crippen LogP contribution is -2.43. The molecule has 0 aromatic heterocycles. The fourth-order valence-electron chi connectivity index (χ4n) is 3.01. The predicted molar refractivity (Wildman–Crippen MR) is 120 cm³/mol. The molecule has 0 aliphatic rings. The zero-order valence-electron chi connectivity index (χ0n) is 17.2. The summed E-state index contributed by atoms with van der Waals surface area (Å²) in [4.78, 5) is 25.1. The molecule has 1 amide bonds. The second kappa shape index (κ2) is 11.4. The molecule has 31 heavy (non-hydrogen) atoms. The molecule has 0 radical (unpaired) electrons. The quantitative estimate of drug-likeness (QED) is 0.504. The van der Waals surface area contributed by atoms with Gasteiger partial charge in [0.2, 0.25) is 0 Å². The number of benzene rings is 3. The van der Waals surface area contributed by atoms with E-state index in [0.717, 1.165) is 22.3 Å². The van der Waals surface area contributed by atoms with Crippen LogP contribution in [0.2, 0.25) is 0 Å². The van der Waals surface area contributed by atoms with E-state index in [2.05, 4.69) is 11.9 Å². The first-order valence-corrected chi connectivity index (χ1v) is 10.0. The highest BCUT2D eigenvalue weighted by atomic mass is 16.6. The SMILES string of the molecule is C=Cc1cccc(CC(NC(=O)OCc2ccccc2)C(=O)OCc2ccccc2)c1. The monoisotopic (exact) mass is 415 g/mol. The Hall–Kier alpha value is -3.86. The maximum atomic E-state index is 12.8. The molecule has 0 saturated heterocycles. The third-order valence-corrected chi connectivity index (χ3v) is 4.64. The number of amides is 1. The molecule has 3 rings (SSSR count). The van der Waals surface area contributed by atoms with Crippen LogP contribution in [0.1, 0.15) is 22.3 Å². The maximum absolute atomic E-state index is 12.8. The van der Waals surface area contributed by atoms with E-state index >= 15 is 0 Å². The lowest BCUT2D eigenvalue weighted by atomic mass is 10.0. The Kier molecular flexibility index (Phi) is 8.00. The molecule has 5 heteroatoms. The average molecular weight is 415 g/mol. The van der Waals surface area contributed by atoms with Gasteiger partial charge in [-0.15, -0.1) is 0 Å². The summed E-state index contributed by atoms with van der Waals surface area (Å²) in [7, 11) is 0. The van der Waals surface area contributed by atoms with Crippen molar-refractivity contribution in [2.24, 2.45) is 0 Å². The van der Waals surface area contributed by atoms with E-state index in [4.69, 9.17) is 9.47 Å². The number of hydrogen-bond donors (Lipinski definition) is 1. The van der Waals surface area contributed by atoms with Crippen molar-refractivity contribution in [1.29, 1.82) is 0 Å². The van der Waals surface area contributed by atoms with Gasteiger partial charge in [-0.25, -0.2) is 9.59 Å². The van der Waals surface area contributed by atoms with Crippen LogP contribution < -0.4 is 5.32 Å². The zero-order chi connectivity index (χ0) is 21.9. The summed E-state index contributed by atoms with van der Waals surface area (Å²) in [6.07, 6.45) is 1.33. The highest BCUT2D eigenvalue weighted by molar-refractivity contribution is 5.81. The second-order valence-electron chi connectivity index (χ2n) is 7.01. The summed E-state index contributed by atoms with van der Waals surface area (Å²) in [6.45, 7) is 4.01. The molecule has 5 nitrogen and oxygen atoms in total. The molecule has 0 aliphatic heterocycles. The summed E-state index contributed by atoms with van der Waals surface area (Å²) >= 11 is 0. The Morgan fingerprint density at radius 3 is 2.00 bits per heavy atom. The van der Waals surface area contributed by atoms with Crippen LogP contribution in [0.3, 0.4) is 0 Å². The molecule has 0 spiro atoms. The Morgan fingerprint density at radius 1 is 0.806 bits per heavy atom. The number of esters is 1. The molecule has 0 fully saturated rings. The standard InChI is InChI=1S/C26H25NO4/c1-2-20-14-9-15-23(16-20)17-24(25(28)30-18-21-10-5-3-6-11-21)27-26(29)31-19-22-12-7-4-8-13-22/h2-16,24H,1,17-19H2,(H,27,29). The normalized spacial score (nSPS) is 11.2. The fourth-order valence-corrected chi connectivity index (χ4v) is 3.01. The van der Waals surface area contributed by atoms with Gasteiger partial charge in [0.25, 0.3) is 0 Å². The molecule has 0 saturated carbocycles. The van der Waals surface area contributed by atoms with Crippen molar-refractivity contribution in [1.82, 2.24) is 5.32 Å². The smallest absolute Gasteiger partial charge is 0.408 e. The van der Waals surface area contributed by atoms with E-state index in [-0.39, 0.29) is 19.6 Å². The van der Waals surface area contributed by atoms with Crippen LogP contribution in [0.15, 0.2) is 91.5 Å². The van der Waals surface area contributed by atoms with Gasteiger partial charge in [0.15, 0.2) is 0 Å².